The predicted octanol–water partition coefficient (Wildman–Crippen LogP) is 1.73. The second kappa shape index (κ2) is 4.26. The number of benzene rings is 1. The third-order valence-electron chi connectivity index (χ3n) is 2.73. The van der Waals surface area contributed by atoms with E-state index in [1.807, 2.05) is 6.07 Å². The lowest BCUT2D eigenvalue weighted by atomic mass is 10.0. The molecule has 0 saturated carbocycles. The molecule has 1 aromatic carbocycles. The second-order valence-corrected chi connectivity index (χ2v) is 3.86. The summed E-state index contributed by atoms with van der Waals surface area (Å²) in [6.07, 6.45) is 2.03. The highest BCUT2D eigenvalue weighted by atomic mass is 14.9. The maximum atomic E-state index is 8.76. The third kappa shape index (κ3) is 2.12. The Kier molecular flexibility index (Phi) is 2.81. The van der Waals surface area contributed by atoms with E-state index in [0.717, 1.165) is 19.4 Å². The fraction of sp³-hybridized carbons (Fsp3) is 0.417. The van der Waals surface area contributed by atoms with E-state index in [1.165, 1.54) is 5.56 Å². The van der Waals surface area contributed by atoms with Gasteiger partial charge in [-0.05, 0) is 18.4 Å². The van der Waals surface area contributed by atoms with Gasteiger partial charge in [-0.25, -0.2) is 0 Å². The summed E-state index contributed by atoms with van der Waals surface area (Å²) in [5.74, 6) is 0.212. The summed E-state index contributed by atoms with van der Waals surface area (Å²) in [5.41, 5.74) is 1.35. The van der Waals surface area contributed by atoms with Gasteiger partial charge in [0.1, 0.15) is 0 Å². The fourth-order valence-electron chi connectivity index (χ4n) is 1.97. The first-order valence-electron chi connectivity index (χ1n) is 5.05. The highest BCUT2D eigenvalue weighted by molar-refractivity contribution is 5.16. The van der Waals surface area contributed by atoms with Gasteiger partial charge in [-0.2, -0.15) is 5.26 Å². The van der Waals surface area contributed by atoms with Crippen LogP contribution in [0.1, 0.15) is 12.0 Å². The molecule has 0 unspecified atom stereocenters. The average molecular weight is 186 g/mol. The molecule has 0 radical (unpaired) electrons. The monoisotopic (exact) mass is 186 g/mol. The highest BCUT2D eigenvalue weighted by Crippen LogP contribution is 2.16. The van der Waals surface area contributed by atoms with E-state index in [4.69, 9.17) is 5.26 Å². The van der Waals surface area contributed by atoms with Crippen LogP contribution in [-0.4, -0.2) is 12.6 Å². The van der Waals surface area contributed by atoms with Crippen molar-refractivity contribution < 1.29 is 0 Å². The molecule has 1 aliphatic rings. The summed E-state index contributed by atoms with van der Waals surface area (Å²) in [7, 11) is 0. The van der Waals surface area contributed by atoms with Crippen LogP contribution in [-0.2, 0) is 6.42 Å². The Morgan fingerprint density at radius 2 is 2.14 bits per heavy atom. The molecule has 0 bridgehead atoms. The summed E-state index contributed by atoms with van der Waals surface area (Å²) in [6, 6.07) is 13.2. The molecular weight excluding hydrogens is 172 g/mol. The van der Waals surface area contributed by atoms with Crippen LogP contribution in [0.15, 0.2) is 30.3 Å². The fourth-order valence-corrected chi connectivity index (χ4v) is 1.97. The molecule has 72 valence electrons. The van der Waals surface area contributed by atoms with E-state index >= 15 is 0 Å². The molecule has 1 fully saturated rings. The van der Waals surface area contributed by atoms with Gasteiger partial charge in [0.05, 0.1) is 12.0 Å². The molecule has 14 heavy (non-hydrogen) atoms. The lowest BCUT2D eigenvalue weighted by Crippen LogP contribution is -2.23. The van der Waals surface area contributed by atoms with Crippen molar-refractivity contribution in [2.45, 2.75) is 18.9 Å². The van der Waals surface area contributed by atoms with E-state index in [2.05, 4.69) is 35.7 Å². The van der Waals surface area contributed by atoms with Gasteiger partial charge in [-0.15, -0.1) is 0 Å². The number of nitrogens with one attached hydrogen (secondary N) is 1. The topological polar surface area (TPSA) is 35.8 Å². The summed E-state index contributed by atoms with van der Waals surface area (Å²) >= 11 is 0. The number of hydrogen-bond donors (Lipinski definition) is 1. The Hall–Kier alpha value is -1.33. The van der Waals surface area contributed by atoms with Crippen LogP contribution in [0.2, 0.25) is 0 Å². The first-order valence-corrected chi connectivity index (χ1v) is 5.05. The molecule has 1 aliphatic heterocycles. The summed E-state index contributed by atoms with van der Waals surface area (Å²) in [5, 5.41) is 12.1. The molecule has 2 rings (SSSR count). The van der Waals surface area contributed by atoms with E-state index < -0.39 is 0 Å². The van der Waals surface area contributed by atoms with Crippen molar-refractivity contribution in [3.05, 3.63) is 35.9 Å². The standard InChI is InChI=1S/C12H14N2/c13-8-11-7-12(14-9-11)6-10-4-2-1-3-5-10/h1-5,11-12,14H,6-7,9H2/t11-,12+/m1/s1. The van der Waals surface area contributed by atoms with Gasteiger partial charge in [-0.3, -0.25) is 0 Å². The summed E-state index contributed by atoms with van der Waals surface area (Å²) < 4.78 is 0. The van der Waals surface area contributed by atoms with E-state index in [9.17, 15) is 0 Å². The Bertz CT molecular complexity index is 326. The SMILES string of the molecule is N#C[C@@H]1CN[C@@H](Cc2ccccc2)C1. The molecule has 1 N–H and O–H groups in total. The van der Waals surface area contributed by atoms with E-state index in [-0.39, 0.29) is 5.92 Å². The number of rotatable bonds is 2. The van der Waals surface area contributed by atoms with Gasteiger partial charge in [0.2, 0.25) is 0 Å². The lowest BCUT2D eigenvalue weighted by molar-refractivity contribution is 0.596. The molecule has 2 nitrogen and oxygen atoms in total. The average Bonchev–Trinajstić information content (AvgIpc) is 2.67. The minimum atomic E-state index is 0.212. The van der Waals surface area contributed by atoms with Crippen LogP contribution in [0.25, 0.3) is 0 Å². The molecule has 1 saturated heterocycles. The zero-order valence-corrected chi connectivity index (χ0v) is 8.11. The molecule has 2 atom stereocenters. The predicted molar refractivity (Wildman–Crippen MR) is 55.7 cm³/mol. The first-order chi connectivity index (χ1) is 6.88. The molecule has 0 spiro atoms. The van der Waals surface area contributed by atoms with Crippen molar-refractivity contribution in [3.8, 4) is 6.07 Å². The molecule has 0 aliphatic carbocycles. The minimum Gasteiger partial charge on any atom is -0.312 e. The molecule has 1 aromatic rings. The van der Waals surface area contributed by atoms with E-state index in [1.54, 1.807) is 0 Å². The Morgan fingerprint density at radius 3 is 2.79 bits per heavy atom. The quantitative estimate of drug-likeness (QED) is 0.763. The van der Waals surface area contributed by atoms with Gasteiger partial charge < -0.3 is 5.32 Å². The highest BCUT2D eigenvalue weighted by Gasteiger charge is 2.23. The van der Waals surface area contributed by atoms with Gasteiger partial charge in [-0.1, -0.05) is 30.3 Å². The van der Waals surface area contributed by atoms with Gasteiger partial charge in [0.15, 0.2) is 0 Å². The Balaban J connectivity index is 1.91. The van der Waals surface area contributed by atoms with Crippen LogP contribution in [0, 0.1) is 17.2 Å². The minimum absolute atomic E-state index is 0.212. The molecule has 0 aromatic heterocycles. The molecule has 0 amide bonds. The largest absolute Gasteiger partial charge is 0.312 e. The van der Waals surface area contributed by atoms with Gasteiger partial charge in [0, 0.05) is 12.6 Å². The summed E-state index contributed by atoms with van der Waals surface area (Å²) in [6.45, 7) is 0.855. The molecule has 1 heterocycles. The normalized spacial score (nSPS) is 25.9. The van der Waals surface area contributed by atoms with Crippen molar-refractivity contribution in [3.63, 3.8) is 0 Å². The number of nitriles is 1. The summed E-state index contributed by atoms with van der Waals surface area (Å²) in [4.78, 5) is 0. The Labute approximate surface area is 84.6 Å². The van der Waals surface area contributed by atoms with Crippen molar-refractivity contribution in [1.29, 1.82) is 5.26 Å². The molecular formula is C12H14N2. The Morgan fingerprint density at radius 1 is 1.36 bits per heavy atom. The van der Waals surface area contributed by atoms with Crippen molar-refractivity contribution in [2.75, 3.05) is 6.54 Å². The second-order valence-electron chi connectivity index (χ2n) is 3.86. The third-order valence-corrected chi connectivity index (χ3v) is 2.73. The zero-order valence-electron chi connectivity index (χ0n) is 8.11. The van der Waals surface area contributed by atoms with Crippen molar-refractivity contribution in [1.82, 2.24) is 5.32 Å². The van der Waals surface area contributed by atoms with Gasteiger partial charge in [0.25, 0.3) is 0 Å². The van der Waals surface area contributed by atoms with Crippen LogP contribution < -0.4 is 5.32 Å². The number of hydrogen-bond acceptors (Lipinski definition) is 2. The maximum absolute atomic E-state index is 8.76. The maximum Gasteiger partial charge on any atom is 0.0669 e. The van der Waals surface area contributed by atoms with Crippen molar-refractivity contribution in [2.24, 2.45) is 5.92 Å². The lowest BCUT2D eigenvalue weighted by Gasteiger charge is -2.09. The van der Waals surface area contributed by atoms with Gasteiger partial charge >= 0.3 is 0 Å². The van der Waals surface area contributed by atoms with Crippen LogP contribution >= 0.6 is 0 Å². The van der Waals surface area contributed by atoms with Crippen LogP contribution in [0.5, 0.6) is 0 Å². The first kappa shape index (κ1) is 9.23. The van der Waals surface area contributed by atoms with E-state index in [0.29, 0.717) is 6.04 Å². The van der Waals surface area contributed by atoms with Crippen molar-refractivity contribution >= 4 is 0 Å². The van der Waals surface area contributed by atoms with Crippen LogP contribution in [0.3, 0.4) is 0 Å². The molecule has 2 heteroatoms. The van der Waals surface area contributed by atoms with Crippen LogP contribution in [0.4, 0.5) is 0 Å². The number of nitrogens with zero attached hydrogens (tertiary/aromatic N) is 1. The zero-order chi connectivity index (χ0) is 9.80. The smallest absolute Gasteiger partial charge is 0.0669 e.